The maximum Gasteiger partial charge on any atom is 0.263 e. The van der Waals surface area contributed by atoms with Crippen LogP contribution in [0.25, 0.3) is 10.9 Å². The van der Waals surface area contributed by atoms with Gasteiger partial charge in [0.2, 0.25) is 5.91 Å². The number of carbonyl (C=O) groups is 2. The van der Waals surface area contributed by atoms with Crippen LogP contribution in [0.15, 0.2) is 54.7 Å². The standard InChI is InChI=1S/C22H23ClN2O2/c1-15(26)25(22(2,3)4)21(27)18-14-24(20-12-8-6-10-17(18)20)13-16-9-5-7-11-19(16)23/h5-12,14H,13H2,1-4H3. The number of amides is 2. The minimum Gasteiger partial charge on any atom is -0.342 e. The van der Waals surface area contributed by atoms with Gasteiger partial charge in [0.1, 0.15) is 0 Å². The summed E-state index contributed by atoms with van der Waals surface area (Å²) in [6.45, 7) is 7.54. The fourth-order valence-corrected chi connectivity index (χ4v) is 3.59. The highest BCUT2D eigenvalue weighted by molar-refractivity contribution is 6.31. The minimum atomic E-state index is -0.602. The largest absolute Gasteiger partial charge is 0.342 e. The normalized spacial score (nSPS) is 11.6. The molecule has 1 aromatic heterocycles. The Hall–Kier alpha value is -2.59. The van der Waals surface area contributed by atoms with E-state index in [1.54, 1.807) is 0 Å². The van der Waals surface area contributed by atoms with Gasteiger partial charge in [0.05, 0.1) is 5.56 Å². The zero-order valence-corrected chi connectivity index (χ0v) is 16.7. The number of hydrogen-bond acceptors (Lipinski definition) is 2. The van der Waals surface area contributed by atoms with Crippen LogP contribution in [0.5, 0.6) is 0 Å². The summed E-state index contributed by atoms with van der Waals surface area (Å²) in [5, 5.41) is 1.51. The van der Waals surface area contributed by atoms with Crippen LogP contribution in [-0.2, 0) is 11.3 Å². The summed E-state index contributed by atoms with van der Waals surface area (Å²) in [4.78, 5) is 26.7. The molecule has 5 heteroatoms. The van der Waals surface area contributed by atoms with Crippen molar-refractivity contribution in [2.24, 2.45) is 0 Å². The van der Waals surface area contributed by atoms with Gasteiger partial charge in [-0.05, 0) is 38.5 Å². The number of carbonyl (C=O) groups excluding carboxylic acids is 2. The Morgan fingerprint density at radius 3 is 2.30 bits per heavy atom. The molecule has 0 bridgehead atoms. The molecule has 0 spiro atoms. The molecule has 3 rings (SSSR count). The maximum atomic E-state index is 13.2. The molecule has 0 atom stereocenters. The summed E-state index contributed by atoms with van der Waals surface area (Å²) in [6.07, 6.45) is 1.82. The Morgan fingerprint density at radius 2 is 1.67 bits per heavy atom. The third-order valence-electron chi connectivity index (χ3n) is 4.51. The van der Waals surface area contributed by atoms with E-state index in [0.29, 0.717) is 17.1 Å². The van der Waals surface area contributed by atoms with E-state index < -0.39 is 5.54 Å². The van der Waals surface area contributed by atoms with Gasteiger partial charge in [-0.25, -0.2) is 0 Å². The van der Waals surface area contributed by atoms with Gasteiger partial charge in [0.25, 0.3) is 5.91 Å². The molecule has 0 aliphatic carbocycles. The van der Waals surface area contributed by atoms with Crippen LogP contribution in [-0.4, -0.2) is 26.8 Å². The van der Waals surface area contributed by atoms with E-state index in [0.717, 1.165) is 16.5 Å². The number of nitrogens with zero attached hydrogens (tertiary/aromatic N) is 2. The minimum absolute atomic E-state index is 0.268. The van der Waals surface area contributed by atoms with Crippen molar-refractivity contribution in [1.82, 2.24) is 9.47 Å². The first-order valence-electron chi connectivity index (χ1n) is 8.86. The quantitative estimate of drug-likeness (QED) is 0.630. The van der Waals surface area contributed by atoms with Crippen molar-refractivity contribution in [2.45, 2.75) is 39.8 Å². The van der Waals surface area contributed by atoms with E-state index in [-0.39, 0.29) is 11.8 Å². The Kier molecular flexibility index (Phi) is 5.11. The highest BCUT2D eigenvalue weighted by Gasteiger charge is 2.32. The predicted molar refractivity (Wildman–Crippen MR) is 109 cm³/mol. The molecule has 1 heterocycles. The van der Waals surface area contributed by atoms with Crippen molar-refractivity contribution in [3.8, 4) is 0 Å². The molecule has 4 nitrogen and oxygen atoms in total. The van der Waals surface area contributed by atoms with Crippen molar-refractivity contribution in [3.05, 3.63) is 70.9 Å². The lowest BCUT2D eigenvalue weighted by molar-refractivity contribution is -0.129. The average Bonchev–Trinajstić information content (AvgIpc) is 2.94. The monoisotopic (exact) mass is 382 g/mol. The second-order valence-corrected chi connectivity index (χ2v) is 8.02. The van der Waals surface area contributed by atoms with Gasteiger partial charge in [0.15, 0.2) is 0 Å². The summed E-state index contributed by atoms with van der Waals surface area (Å²) in [6, 6.07) is 15.4. The fraction of sp³-hybridized carbons (Fsp3) is 0.273. The maximum absolute atomic E-state index is 13.2. The molecule has 0 unspecified atom stereocenters. The molecule has 0 aliphatic heterocycles. The molecule has 140 valence electrons. The first-order chi connectivity index (χ1) is 12.7. The van der Waals surface area contributed by atoms with E-state index in [1.807, 2.05) is 80.1 Å². The van der Waals surface area contributed by atoms with Crippen molar-refractivity contribution in [3.63, 3.8) is 0 Å². The predicted octanol–water partition coefficient (Wildman–Crippen LogP) is 5.13. The van der Waals surface area contributed by atoms with E-state index in [2.05, 4.69) is 0 Å². The molecule has 27 heavy (non-hydrogen) atoms. The molecule has 0 N–H and O–H groups in total. The number of rotatable bonds is 3. The van der Waals surface area contributed by atoms with Crippen molar-refractivity contribution < 1.29 is 9.59 Å². The number of fused-ring (bicyclic) bond motifs is 1. The number of hydrogen-bond donors (Lipinski definition) is 0. The van der Waals surface area contributed by atoms with Gasteiger partial charge in [0, 0.05) is 41.1 Å². The average molecular weight is 383 g/mol. The molecule has 3 aromatic rings. The second-order valence-electron chi connectivity index (χ2n) is 7.61. The van der Waals surface area contributed by atoms with Crippen molar-refractivity contribution in [1.29, 1.82) is 0 Å². The SMILES string of the molecule is CC(=O)N(C(=O)c1cn(Cc2ccccc2Cl)c2ccccc12)C(C)(C)C. The van der Waals surface area contributed by atoms with E-state index in [4.69, 9.17) is 11.6 Å². The summed E-state index contributed by atoms with van der Waals surface area (Å²) >= 11 is 6.31. The molecule has 0 radical (unpaired) electrons. The molecule has 0 saturated carbocycles. The smallest absolute Gasteiger partial charge is 0.263 e. The van der Waals surface area contributed by atoms with E-state index in [1.165, 1.54) is 11.8 Å². The number of imide groups is 1. The summed E-state index contributed by atoms with van der Waals surface area (Å²) < 4.78 is 2.00. The second kappa shape index (κ2) is 7.20. The summed E-state index contributed by atoms with van der Waals surface area (Å²) in [5.74, 6) is -0.556. The van der Waals surface area contributed by atoms with E-state index >= 15 is 0 Å². The molecular formula is C22H23ClN2O2. The van der Waals surface area contributed by atoms with Crippen molar-refractivity contribution in [2.75, 3.05) is 0 Å². The van der Waals surface area contributed by atoms with Crippen LogP contribution in [0.3, 0.4) is 0 Å². The third kappa shape index (κ3) is 3.76. The first-order valence-corrected chi connectivity index (χ1v) is 9.24. The van der Waals surface area contributed by atoms with Crippen LogP contribution in [0.1, 0.15) is 43.6 Å². The number of benzene rings is 2. The van der Waals surface area contributed by atoms with Gasteiger partial charge >= 0.3 is 0 Å². The van der Waals surface area contributed by atoms with Gasteiger partial charge in [-0.15, -0.1) is 0 Å². The van der Waals surface area contributed by atoms with Crippen molar-refractivity contribution >= 4 is 34.3 Å². The lowest BCUT2D eigenvalue weighted by Crippen LogP contribution is -2.48. The topological polar surface area (TPSA) is 42.3 Å². The Balaban J connectivity index is 2.11. The van der Waals surface area contributed by atoms with Gasteiger partial charge in [-0.3, -0.25) is 14.5 Å². The molecule has 0 fully saturated rings. The highest BCUT2D eigenvalue weighted by Crippen LogP contribution is 2.27. The molecule has 0 saturated heterocycles. The number of para-hydroxylation sites is 1. The molecule has 2 amide bonds. The zero-order chi connectivity index (χ0) is 19.8. The number of aromatic nitrogens is 1. The number of halogens is 1. The highest BCUT2D eigenvalue weighted by atomic mass is 35.5. The van der Waals surface area contributed by atoms with Crippen LogP contribution in [0, 0.1) is 0 Å². The first kappa shape index (κ1) is 19.2. The zero-order valence-electron chi connectivity index (χ0n) is 16.0. The van der Waals surface area contributed by atoms with Crippen LogP contribution in [0.2, 0.25) is 5.02 Å². The molecular weight excluding hydrogens is 360 g/mol. The fourth-order valence-electron chi connectivity index (χ4n) is 3.40. The van der Waals surface area contributed by atoms with Crippen LogP contribution >= 0.6 is 11.6 Å². The van der Waals surface area contributed by atoms with Gasteiger partial charge in [-0.1, -0.05) is 48.0 Å². The van der Waals surface area contributed by atoms with Crippen LogP contribution in [0.4, 0.5) is 0 Å². The molecule has 2 aromatic carbocycles. The molecule has 0 aliphatic rings. The van der Waals surface area contributed by atoms with Gasteiger partial charge in [-0.2, -0.15) is 0 Å². The van der Waals surface area contributed by atoms with Gasteiger partial charge < -0.3 is 4.57 Å². The summed E-state index contributed by atoms with van der Waals surface area (Å²) in [5.41, 5.74) is 1.81. The Morgan fingerprint density at radius 1 is 1.04 bits per heavy atom. The van der Waals surface area contributed by atoms with Crippen LogP contribution < -0.4 is 0 Å². The third-order valence-corrected chi connectivity index (χ3v) is 4.88. The Labute approximate surface area is 164 Å². The Bertz CT molecular complexity index is 1010. The lowest BCUT2D eigenvalue weighted by Gasteiger charge is -2.32. The summed E-state index contributed by atoms with van der Waals surface area (Å²) in [7, 11) is 0. The van der Waals surface area contributed by atoms with E-state index in [9.17, 15) is 9.59 Å². The lowest BCUT2D eigenvalue weighted by atomic mass is 10.0.